The molecule has 0 saturated heterocycles. The van der Waals surface area contributed by atoms with E-state index >= 15 is 0 Å². The summed E-state index contributed by atoms with van der Waals surface area (Å²) >= 11 is 0. The van der Waals surface area contributed by atoms with E-state index in [-0.39, 0.29) is 18.2 Å². The number of nitrogen functional groups attached to an aromatic ring is 1. The number of nitriles is 1. The van der Waals surface area contributed by atoms with Crippen molar-refractivity contribution >= 4 is 11.6 Å². The molecule has 0 radical (unpaired) electrons. The molecule has 0 aliphatic carbocycles. The van der Waals surface area contributed by atoms with Gasteiger partial charge in [0.2, 0.25) is 0 Å². The predicted molar refractivity (Wildman–Crippen MR) is 74.8 cm³/mol. The number of phenolic OH excluding ortho intramolecular Hbond substituents is 1. The standard InChI is InChI=1S/C15H13N3O2/c16-8-10-2-1-3-11(6-10)15(20)18-9-12-7-13(17)4-5-14(12)19/h1-7,19H,9,17H2,(H,18,20). The maximum absolute atomic E-state index is 11.9. The third-order valence-corrected chi connectivity index (χ3v) is 2.80. The summed E-state index contributed by atoms with van der Waals surface area (Å²) in [4.78, 5) is 11.9. The van der Waals surface area contributed by atoms with Crippen LogP contribution in [0, 0.1) is 11.3 Å². The van der Waals surface area contributed by atoms with E-state index in [0.29, 0.717) is 22.4 Å². The third-order valence-electron chi connectivity index (χ3n) is 2.80. The van der Waals surface area contributed by atoms with Crippen molar-refractivity contribution in [3.8, 4) is 11.8 Å². The van der Waals surface area contributed by atoms with Gasteiger partial charge < -0.3 is 16.2 Å². The van der Waals surface area contributed by atoms with E-state index in [0.717, 1.165) is 0 Å². The van der Waals surface area contributed by atoms with Crippen LogP contribution in [0.3, 0.4) is 0 Å². The molecule has 100 valence electrons. The summed E-state index contributed by atoms with van der Waals surface area (Å²) in [5.41, 5.74) is 7.49. The topological polar surface area (TPSA) is 99.1 Å². The van der Waals surface area contributed by atoms with Crippen LogP contribution < -0.4 is 11.1 Å². The fourth-order valence-electron chi connectivity index (χ4n) is 1.75. The number of carbonyl (C=O) groups excluding carboxylic acids is 1. The van der Waals surface area contributed by atoms with E-state index in [1.54, 1.807) is 30.3 Å². The molecule has 20 heavy (non-hydrogen) atoms. The number of anilines is 1. The summed E-state index contributed by atoms with van der Waals surface area (Å²) in [6.07, 6.45) is 0. The van der Waals surface area contributed by atoms with E-state index in [1.165, 1.54) is 12.1 Å². The number of nitrogens with two attached hydrogens (primary N) is 1. The second-order valence-electron chi connectivity index (χ2n) is 4.26. The predicted octanol–water partition coefficient (Wildman–Crippen LogP) is 1.78. The van der Waals surface area contributed by atoms with Gasteiger partial charge in [-0.15, -0.1) is 0 Å². The summed E-state index contributed by atoms with van der Waals surface area (Å²) in [6, 6.07) is 13.0. The fraction of sp³-hybridized carbons (Fsp3) is 0.0667. The molecule has 0 aliphatic heterocycles. The Morgan fingerprint density at radius 2 is 2.10 bits per heavy atom. The number of hydrogen-bond acceptors (Lipinski definition) is 4. The molecule has 2 aromatic carbocycles. The summed E-state index contributed by atoms with van der Waals surface area (Å²) in [5.74, 6) is -0.241. The monoisotopic (exact) mass is 267 g/mol. The van der Waals surface area contributed by atoms with Gasteiger partial charge in [0.25, 0.3) is 5.91 Å². The largest absolute Gasteiger partial charge is 0.508 e. The van der Waals surface area contributed by atoms with Crippen LogP contribution in [0.25, 0.3) is 0 Å². The Morgan fingerprint density at radius 3 is 2.85 bits per heavy atom. The van der Waals surface area contributed by atoms with Crippen LogP contribution in [0.15, 0.2) is 42.5 Å². The maximum Gasteiger partial charge on any atom is 0.251 e. The molecular formula is C15H13N3O2. The lowest BCUT2D eigenvalue weighted by Gasteiger charge is -2.08. The van der Waals surface area contributed by atoms with Gasteiger partial charge in [0.15, 0.2) is 0 Å². The van der Waals surface area contributed by atoms with Crippen molar-refractivity contribution in [1.82, 2.24) is 5.32 Å². The average molecular weight is 267 g/mol. The lowest BCUT2D eigenvalue weighted by molar-refractivity contribution is 0.0950. The quantitative estimate of drug-likeness (QED) is 0.583. The average Bonchev–Trinajstić information content (AvgIpc) is 2.48. The van der Waals surface area contributed by atoms with Crippen molar-refractivity contribution in [1.29, 1.82) is 5.26 Å². The van der Waals surface area contributed by atoms with Gasteiger partial charge in [-0.25, -0.2) is 0 Å². The van der Waals surface area contributed by atoms with Crippen molar-refractivity contribution in [2.24, 2.45) is 0 Å². The number of nitrogens with zero attached hydrogens (tertiary/aromatic N) is 1. The molecule has 0 aliphatic rings. The Kier molecular flexibility index (Phi) is 3.87. The lowest BCUT2D eigenvalue weighted by Crippen LogP contribution is -2.22. The molecule has 2 rings (SSSR count). The van der Waals surface area contributed by atoms with E-state index < -0.39 is 0 Å². The first kappa shape index (κ1) is 13.4. The molecule has 5 heteroatoms. The van der Waals surface area contributed by atoms with E-state index in [2.05, 4.69) is 5.32 Å². The smallest absolute Gasteiger partial charge is 0.251 e. The zero-order valence-corrected chi connectivity index (χ0v) is 10.6. The number of nitrogens with one attached hydrogen (secondary N) is 1. The fourth-order valence-corrected chi connectivity index (χ4v) is 1.75. The molecule has 0 aromatic heterocycles. The molecule has 0 heterocycles. The van der Waals surface area contributed by atoms with Gasteiger partial charge in [0.1, 0.15) is 5.75 Å². The van der Waals surface area contributed by atoms with Crippen molar-refractivity contribution < 1.29 is 9.90 Å². The highest BCUT2D eigenvalue weighted by atomic mass is 16.3. The normalized spacial score (nSPS) is 9.75. The third kappa shape index (κ3) is 3.06. The van der Waals surface area contributed by atoms with Gasteiger partial charge in [-0.1, -0.05) is 6.07 Å². The number of benzene rings is 2. The van der Waals surface area contributed by atoms with Crippen molar-refractivity contribution in [2.75, 3.05) is 5.73 Å². The van der Waals surface area contributed by atoms with Crippen molar-refractivity contribution in [3.63, 3.8) is 0 Å². The second kappa shape index (κ2) is 5.76. The van der Waals surface area contributed by atoms with E-state index in [4.69, 9.17) is 11.0 Å². The Morgan fingerprint density at radius 1 is 1.30 bits per heavy atom. The van der Waals surface area contributed by atoms with Crippen LogP contribution >= 0.6 is 0 Å². The molecule has 1 amide bonds. The molecule has 0 fully saturated rings. The molecular weight excluding hydrogens is 254 g/mol. The highest BCUT2D eigenvalue weighted by Gasteiger charge is 2.08. The Balaban J connectivity index is 2.09. The second-order valence-corrected chi connectivity index (χ2v) is 4.26. The van der Waals surface area contributed by atoms with Crippen LogP contribution in [0.5, 0.6) is 5.75 Å². The van der Waals surface area contributed by atoms with Gasteiger partial charge in [-0.05, 0) is 36.4 Å². The lowest BCUT2D eigenvalue weighted by atomic mass is 10.1. The molecule has 5 nitrogen and oxygen atoms in total. The minimum atomic E-state index is -0.316. The summed E-state index contributed by atoms with van der Waals surface area (Å²) in [7, 11) is 0. The Labute approximate surface area is 116 Å². The first-order valence-electron chi connectivity index (χ1n) is 5.96. The number of rotatable bonds is 3. The molecule has 0 saturated carbocycles. The first-order valence-corrected chi connectivity index (χ1v) is 5.96. The highest BCUT2D eigenvalue weighted by molar-refractivity contribution is 5.94. The van der Waals surface area contributed by atoms with Crippen LogP contribution in [0.2, 0.25) is 0 Å². The summed E-state index contributed by atoms with van der Waals surface area (Å²) in [6.45, 7) is 0.159. The molecule has 0 spiro atoms. The van der Waals surface area contributed by atoms with Crippen molar-refractivity contribution in [3.05, 3.63) is 59.2 Å². The minimum Gasteiger partial charge on any atom is -0.508 e. The molecule has 0 unspecified atom stereocenters. The molecule has 2 aromatic rings. The maximum atomic E-state index is 11.9. The SMILES string of the molecule is N#Cc1cccc(C(=O)NCc2cc(N)ccc2O)c1. The molecule has 0 atom stereocenters. The Hall–Kier alpha value is -3.00. The van der Waals surface area contributed by atoms with Gasteiger partial charge in [0, 0.05) is 23.4 Å². The number of aromatic hydroxyl groups is 1. The number of hydrogen-bond donors (Lipinski definition) is 3. The van der Waals surface area contributed by atoms with Gasteiger partial charge in [-0.2, -0.15) is 5.26 Å². The van der Waals surface area contributed by atoms with Crippen LogP contribution in [-0.2, 0) is 6.54 Å². The number of phenols is 1. The van der Waals surface area contributed by atoms with Crippen molar-refractivity contribution in [2.45, 2.75) is 6.54 Å². The van der Waals surface area contributed by atoms with Crippen LogP contribution in [-0.4, -0.2) is 11.0 Å². The summed E-state index contributed by atoms with van der Waals surface area (Å²) in [5, 5.41) is 21.1. The van der Waals surface area contributed by atoms with E-state index in [1.807, 2.05) is 6.07 Å². The van der Waals surface area contributed by atoms with Crippen LogP contribution in [0.1, 0.15) is 21.5 Å². The molecule has 4 N–H and O–H groups in total. The zero-order chi connectivity index (χ0) is 14.5. The first-order chi connectivity index (χ1) is 9.60. The number of amides is 1. The minimum absolute atomic E-state index is 0.0743. The van der Waals surface area contributed by atoms with Gasteiger partial charge >= 0.3 is 0 Å². The molecule has 0 bridgehead atoms. The van der Waals surface area contributed by atoms with Crippen LogP contribution in [0.4, 0.5) is 5.69 Å². The Bertz CT molecular complexity index is 690. The highest BCUT2D eigenvalue weighted by Crippen LogP contribution is 2.19. The zero-order valence-electron chi connectivity index (χ0n) is 10.6. The van der Waals surface area contributed by atoms with Gasteiger partial charge in [-0.3, -0.25) is 4.79 Å². The van der Waals surface area contributed by atoms with E-state index in [9.17, 15) is 9.90 Å². The van der Waals surface area contributed by atoms with Gasteiger partial charge in [0.05, 0.1) is 11.6 Å². The number of carbonyl (C=O) groups is 1. The summed E-state index contributed by atoms with van der Waals surface area (Å²) < 4.78 is 0.